The Kier molecular flexibility index (Phi) is 7.77. The van der Waals surface area contributed by atoms with Gasteiger partial charge in [0.25, 0.3) is 5.91 Å². The third kappa shape index (κ3) is 6.03. The van der Waals surface area contributed by atoms with Crippen LogP contribution in [-0.4, -0.2) is 23.0 Å². The summed E-state index contributed by atoms with van der Waals surface area (Å²) in [6.07, 6.45) is 0.319. The maximum absolute atomic E-state index is 12.9. The van der Waals surface area contributed by atoms with E-state index in [1.807, 2.05) is 89.6 Å². The van der Waals surface area contributed by atoms with Gasteiger partial charge in [-0.05, 0) is 35.9 Å². The number of H-pyrrole nitrogens is 1. The van der Waals surface area contributed by atoms with Crippen molar-refractivity contribution in [1.82, 2.24) is 10.4 Å². The molecule has 194 valence electrons. The maximum Gasteiger partial charge on any atom is 0.251 e. The second-order valence-corrected chi connectivity index (χ2v) is 9.86. The van der Waals surface area contributed by atoms with E-state index in [1.165, 1.54) is 0 Å². The molecule has 4 N–H and O–H groups in total. The van der Waals surface area contributed by atoms with Crippen molar-refractivity contribution in [1.29, 1.82) is 0 Å². The average molecular weight is 556 g/mol. The molecule has 4 aromatic carbocycles. The molecule has 0 bridgehead atoms. The normalized spacial score (nSPS) is 11.6. The van der Waals surface area contributed by atoms with Crippen molar-refractivity contribution >= 4 is 35.0 Å². The zero-order chi connectivity index (χ0) is 27.4. The predicted molar refractivity (Wildman–Crippen MR) is 154 cm³/mol. The van der Waals surface area contributed by atoms with E-state index in [-0.39, 0.29) is 5.91 Å². The van der Waals surface area contributed by atoms with Crippen LogP contribution in [0.2, 0.25) is 10.0 Å². The molecule has 39 heavy (non-hydrogen) atoms. The van der Waals surface area contributed by atoms with E-state index in [4.69, 9.17) is 28.9 Å². The van der Waals surface area contributed by atoms with E-state index >= 15 is 0 Å². The molecular weight excluding hydrogens is 531 g/mol. The Morgan fingerprint density at radius 3 is 2.10 bits per heavy atom. The van der Waals surface area contributed by atoms with Crippen molar-refractivity contribution in [3.8, 4) is 28.2 Å². The molecule has 0 fully saturated rings. The highest BCUT2D eigenvalue weighted by Crippen LogP contribution is 2.27. The molecule has 0 aliphatic rings. The summed E-state index contributed by atoms with van der Waals surface area (Å²) >= 11 is 12.5. The molecule has 1 aromatic heterocycles. The van der Waals surface area contributed by atoms with Gasteiger partial charge in [0.05, 0.1) is 10.0 Å². The minimum absolute atomic E-state index is 0.319. The Morgan fingerprint density at radius 2 is 1.46 bits per heavy atom. The van der Waals surface area contributed by atoms with Crippen molar-refractivity contribution in [2.75, 3.05) is 0 Å². The summed E-state index contributed by atoms with van der Waals surface area (Å²) in [5, 5.41) is 7.12. The lowest BCUT2D eigenvalue weighted by atomic mass is 10.0. The summed E-state index contributed by atoms with van der Waals surface area (Å²) in [6, 6.07) is 33.2. The number of halogens is 2. The van der Waals surface area contributed by atoms with Gasteiger partial charge in [-0.15, -0.1) is 0 Å². The summed E-state index contributed by atoms with van der Waals surface area (Å²) in [6.45, 7) is 0. The molecule has 0 saturated carbocycles. The molecular formula is C31H25Cl2N4O2+. The van der Waals surface area contributed by atoms with Crippen molar-refractivity contribution in [2.24, 2.45) is 5.73 Å². The molecule has 0 aliphatic carbocycles. The first-order chi connectivity index (χ1) is 18.9. The minimum atomic E-state index is -0.818. The van der Waals surface area contributed by atoms with Crippen LogP contribution in [0, 0.1) is 0 Å². The van der Waals surface area contributed by atoms with E-state index in [9.17, 15) is 9.59 Å². The quantitative estimate of drug-likeness (QED) is 0.212. The number of benzene rings is 4. The van der Waals surface area contributed by atoms with Gasteiger partial charge in [-0.2, -0.15) is 5.10 Å². The number of carbonyl (C=O) groups excluding carboxylic acids is 2. The standard InChI is InChI=1S/C31H24Cl2N4O2/c32-25-16-15-24(18-26(25)33)37-29(22-9-5-2-6-10-22)19-27(36-37)21-11-13-23(14-12-21)31(39)35-28(30(34)38)17-20-7-3-1-4-8-20/h1-16,18-19,28H,17H2,(H3,34,35,38,39)/p+1/t28-/m0/s1. The summed E-state index contributed by atoms with van der Waals surface area (Å²) < 4.78 is 1.94. The van der Waals surface area contributed by atoms with Crippen LogP contribution in [0.1, 0.15) is 15.9 Å². The fraction of sp³-hybridized carbons (Fsp3) is 0.0645. The third-order valence-electron chi connectivity index (χ3n) is 6.37. The van der Waals surface area contributed by atoms with E-state index in [2.05, 4.69) is 10.4 Å². The molecule has 1 atom stereocenters. The van der Waals surface area contributed by atoms with Crippen LogP contribution in [0.15, 0.2) is 109 Å². The number of rotatable bonds is 8. The number of carbonyl (C=O) groups is 2. The number of hydrogen-bond acceptors (Lipinski definition) is 2. The lowest BCUT2D eigenvalue weighted by Crippen LogP contribution is -2.45. The molecule has 5 rings (SSSR count). The fourth-order valence-electron chi connectivity index (χ4n) is 4.33. The van der Waals surface area contributed by atoms with Crippen LogP contribution in [0.3, 0.4) is 0 Å². The monoisotopic (exact) mass is 555 g/mol. The van der Waals surface area contributed by atoms with Gasteiger partial charge in [0.1, 0.15) is 11.7 Å². The number of hydrogen-bond donors (Lipinski definition) is 3. The van der Waals surface area contributed by atoms with Gasteiger partial charge in [0.2, 0.25) is 17.3 Å². The Hall–Kier alpha value is -4.39. The lowest BCUT2D eigenvalue weighted by molar-refractivity contribution is -0.643. The molecule has 5 aromatic rings. The van der Waals surface area contributed by atoms with Crippen LogP contribution in [0.5, 0.6) is 0 Å². The lowest BCUT2D eigenvalue weighted by Gasteiger charge is -2.15. The fourth-order valence-corrected chi connectivity index (χ4v) is 4.62. The van der Waals surface area contributed by atoms with E-state index < -0.39 is 11.9 Å². The topological polar surface area (TPSA) is 91.9 Å². The van der Waals surface area contributed by atoms with Gasteiger partial charge in [0, 0.05) is 41.3 Å². The van der Waals surface area contributed by atoms with Gasteiger partial charge in [-0.3, -0.25) is 9.59 Å². The SMILES string of the molecule is NC(=O)[C@H](Cc1ccccc1)NC(=O)c1ccc(-c2cc(-c3ccccc3)[n+](-c3ccc(Cl)c(Cl)c3)[nH]2)cc1. The van der Waals surface area contributed by atoms with Crippen LogP contribution >= 0.6 is 23.2 Å². The molecule has 6 nitrogen and oxygen atoms in total. The minimum Gasteiger partial charge on any atom is -0.368 e. The zero-order valence-electron chi connectivity index (χ0n) is 20.8. The molecule has 0 spiro atoms. The molecule has 0 radical (unpaired) electrons. The molecule has 2 amide bonds. The summed E-state index contributed by atoms with van der Waals surface area (Å²) in [5.41, 5.74) is 11.4. The highest BCUT2D eigenvalue weighted by Gasteiger charge is 2.23. The second-order valence-electron chi connectivity index (χ2n) is 9.05. The van der Waals surface area contributed by atoms with Crippen molar-refractivity contribution in [3.05, 3.63) is 130 Å². The molecule has 0 aliphatic heterocycles. The van der Waals surface area contributed by atoms with E-state index in [1.54, 1.807) is 24.3 Å². The van der Waals surface area contributed by atoms with Gasteiger partial charge >= 0.3 is 0 Å². The van der Waals surface area contributed by atoms with Crippen molar-refractivity contribution in [3.63, 3.8) is 0 Å². The number of aromatic amines is 1. The molecule has 0 saturated heterocycles. The van der Waals surface area contributed by atoms with Crippen molar-refractivity contribution < 1.29 is 14.3 Å². The van der Waals surface area contributed by atoms with Crippen LogP contribution < -0.4 is 15.7 Å². The van der Waals surface area contributed by atoms with Gasteiger partial charge in [-0.1, -0.05) is 88.5 Å². The van der Waals surface area contributed by atoms with Crippen LogP contribution in [0.4, 0.5) is 0 Å². The molecule has 1 heterocycles. The van der Waals surface area contributed by atoms with Crippen LogP contribution in [0.25, 0.3) is 28.2 Å². The first-order valence-corrected chi connectivity index (χ1v) is 13.0. The largest absolute Gasteiger partial charge is 0.368 e. The Labute approximate surface area is 236 Å². The Morgan fingerprint density at radius 1 is 0.795 bits per heavy atom. The summed E-state index contributed by atoms with van der Waals surface area (Å²) in [5.74, 6) is -0.959. The summed E-state index contributed by atoms with van der Waals surface area (Å²) in [4.78, 5) is 24.9. The third-order valence-corrected chi connectivity index (χ3v) is 7.11. The number of aromatic nitrogens is 2. The van der Waals surface area contributed by atoms with Gasteiger partial charge < -0.3 is 11.1 Å². The number of nitrogens with zero attached hydrogens (tertiary/aromatic N) is 1. The Balaban J connectivity index is 1.41. The molecule has 8 heteroatoms. The number of amides is 2. The first kappa shape index (κ1) is 26.2. The maximum atomic E-state index is 12.9. The Bertz CT molecular complexity index is 1620. The average Bonchev–Trinajstić information content (AvgIpc) is 3.41. The predicted octanol–water partition coefficient (Wildman–Crippen LogP) is 5.76. The highest BCUT2D eigenvalue weighted by molar-refractivity contribution is 6.42. The number of nitrogens with one attached hydrogen (secondary N) is 2. The van der Waals surface area contributed by atoms with Gasteiger partial charge in [0.15, 0.2) is 0 Å². The number of nitrogens with two attached hydrogens (primary N) is 1. The smallest absolute Gasteiger partial charge is 0.251 e. The second kappa shape index (κ2) is 11.6. The van der Waals surface area contributed by atoms with E-state index in [0.717, 1.165) is 33.8 Å². The zero-order valence-corrected chi connectivity index (χ0v) is 22.3. The number of primary amides is 1. The highest BCUT2D eigenvalue weighted by atomic mass is 35.5. The first-order valence-electron chi connectivity index (χ1n) is 12.3. The van der Waals surface area contributed by atoms with E-state index in [0.29, 0.717) is 22.0 Å². The summed E-state index contributed by atoms with van der Waals surface area (Å²) in [7, 11) is 0. The van der Waals surface area contributed by atoms with Crippen LogP contribution in [-0.2, 0) is 11.2 Å². The molecule has 0 unspecified atom stereocenters. The van der Waals surface area contributed by atoms with Gasteiger partial charge in [-0.25, -0.2) is 0 Å². The van der Waals surface area contributed by atoms with Crippen molar-refractivity contribution in [2.45, 2.75) is 12.5 Å².